The van der Waals surface area contributed by atoms with Gasteiger partial charge in [-0.2, -0.15) is 18.4 Å². The minimum Gasteiger partial charge on any atom is -0.360 e. The van der Waals surface area contributed by atoms with Gasteiger partial charge in [0.15, 0.2) is 0 Å². The number of benzene rings is 2. The molecule has 0 bridgehead atoms. The summed E-state index contributed by atoms with van der Waals surface area (Å²) in [5, 5.41) is 14.5. The van der Waals surface area contributed by atoms with Gasteiger partial charge in [-0.15, -0.1) is 0 Å². The zero-order valence-corrected chi connectivity index (χ0v) is 13.8. The van der Waals surface area contributed by atoms with E-state index in [9.17, 15) is 18.0 Å². The number of amides is 1. The molecule has 2 aromatic carbocycles. The maximum absolute atomic E-state index is 12.5. The van der Waals surface area contributed by atoms with E-state index < -0.39 is 17.6 Å². The van der Waals surface area contributed by atoms with Gasteiger partial charge in [0.2, 0.25) is 0 Å². The number of hydrogen-bond acceptors (Lipinski definition) is 3. The van der Waals surface area contributed by atoms with Gasteiger partial charge in [0.25, 0.3) is 5.91 Å². The van der Waals surface area contributed by atoms with Crippen LogP contribution >= 0.6 is 0 Å². The molecule has 0 radical (unpaired) electrons. The Balaban J connectivity index is 2.03. The van der Waals surface area contributed by atoms with Crippen molar-refractivity contribution in [1.82, 2.24) is 5.32 Å². The molecule has 0 saturated heterocycles. The van der Waals surface area contributed by atoms with Gasteiger partial charge in [-0.25, -0.2) is 0 Å². The fourth-order valence-electron chi connectivity index (χ4n) is 2.16. The molecule has 134 valence electrons. The van der Waals surface area contributed by atoms with E-state index in [0.717, 1.165) is 23.9 Å². The fraction of sp³-hybridized carbons (Fsp3) is 0.158. The molecular formula is C19H16F3N3O. The van der Waals surface area contributed by atoms with Crippen molar-refractivity contribution in [2.24, 2.45) is 0 Å². The standard InChI is InChI=1S/C19H16F3N3O/c1-13(14-5-3-2-4-6-14)25-18(26)15(11-23)12-24-17-9-7-16(8-10-17)19(20,21)22/h2-10,12-13,24H,1H3,(H,25,26)/b15-12-. The van der Waals surface area contributed by atoms with Crippen LogP contribution in [-0.4, -0.2) is 5.91 Å². The van der Waals surface area contributed by atoms with Gasteiger partial charge in [-0.1, -0.05) is 30.3 Å². The first kappa shape index (κ1) is 19.1. The first-order chi connectivity index (χ1) is 12.3. The summed E-state index contributed by atoms with van der Waals surface area (Å²) < 4.78 is 37.6. The van der Waals surface area contributed by atoms with Crippen molar-refractivity contribution < 1.29 is 18.0 Å². The lowest BCUT2D eigenvalue weighted by atomic mass is 10.1. The van der Waals surface area contributed by atoms with Crippen LogP contribution in [-0.2, 0) is 11.0 Å². The third-order valence-corrected chi connectivity index (χ3v) is 3.61. The second kappa shape index (κ2) is 8.21. The average Bonchev–Trinajstić information content (AvgIpc) is 2.62. The van der Waals surface area contributed by atoms with Gasteiger partial charge < -0.3 is 10.6 Å². The van der Waals surface area contributed by atoms with E-state index in [4.69, 9.17) is 5.26 Å². The normalized spacial score (nSPS) is 12.8. The molecule has 0 aromatic heterocycles. The quantitative estimate of drug-likeness (QED) is 0.614. The molecule has 0 heterocycles. The summed E-state index contributed by atoms with van der Waals surface area (Å²) in [6.45, 7) is 1.78. The van der Waals surface area contributed by atoms with Gasteiger partial charge in [0, 0.05) is 11.9 Å². The number of nitrogens with one attached hydrogen (secondary N) is 2. The molecule has 2 N–H and O–H groups in total. The molecule has 26 heavy (non-hydrogen) atoms. The van der Waals surface area contributed by atoms with Crippen molar-refractivity contribution in [3.05, 3.63) is 77.5 Å². The van der Waals surface area contributed by atoms with Crippen molar-refractivity contribution in [2.75, 3.05) is 5.32 Å². The molecule has 7 heteroatoms. The molecule has 0 aliphatic carbocycles. The maximum Gasteiger partial charge on any atom is 0.416 e. The van der Waals surface area contributed by atoms with Gasteiger partial charge >= 0.3 is 6.18 Å². The highest BCUT2D eigenvalue weighted by Gasteiger charge is 2.29. The summed E-state index contributed by atoms with van der Waals surface area (Å²) in [4.78, 5) is 12.2. The summed E-state index contributed by atoms with van der Waals surface area (Å²) in [5.41, 5.74) is 0.248. The largest absolute Gasteiger partial charge is 0.416 e. The third-order valence-electron chi connectivity index (χ3n) is 3.61. The minimum atomic E-state index is -4.42. The molecular weight excluding hydrogens is 343 g/mol. The van der Waals surface area contributed by atoms with Crippen LogP contribution in [0.3, 0.4) is 0 Å². The summed E-state index contributed by atoms with van der Waals surface area (Å²) >= 11 is 0. The molecule has 2 rings (SSSR count). The number of nitrogens with zero attached hydrogens (tertiary/aromatic N) is 1. The van der Waals surface area contributed by atoms with Crippen molar-refractivity contribution in [3.63, 3.8) is 0 Å². The monoisotopic (exact) mass is 359 g/mol. The molecule has 1 atom stereocenters. The minimum absolute atomic E-state index is 0.187. The van der Waals surface area contributed by atoms with Crippen LogP contribution < -0.4 is 10.6 Å². The number of nitriles is 1. The molecule has 0 saturated carbocycles. The number of halogens is 3. The number of carbonyl (C=O) groups is 1. The highest BCUT2D eigenvalue weighted by Crippen LogP contribution is 2.29. The molecule has 4 nitrogen and oxygen atoms in total. The van der Waals surface area contributed by atoms with Crippen LogP contribution in [0.5, 0.6) is 0 Å². The number of hydrogen-bond donors (Lipinski definition) is 2. The van der Waals surface area contributed by atoms with Crippen LogP contribution in [0.4, 0.5) is 18.9 Å². The number of anilines is 1. The van der Waals surface area contributed by atoms with Crippen LogP contribution in [0, 0.1) is 11.3 Å². The Hall–Kier alpha value is -3.27. The SMILES string of the molecule is CC(NC(=O)/C(C#N)=C\Nc1ccc(C(F)(F)F)cc1)c1ccccc1. The Bertz CT molecular complexity index is 822. The predicted molar refractivity (Wildman–Crippen MR) is 91.8 cm³/mol. The van der Waals surface area contributed by atoms with E-state index in [-0.39, 0.29) is 11.6 Å². The third kappa shape index (κ3) is 5.11. The Morgan fingerprint density at radius 2 is 1.73 bits per heavy atom. The van der Waals surface area contributed by atoms with E-state index in [0.29, 0.717) is 5.69 Å². The zero-order chi connectivity index (χ0) is 19.2. The molecule has 1 unspecified atom stereocenters. The Labute approximate surface area is 149 Å². The zero-order valence-electron chi connectivity index (χ0n) is 13.8. The van der Waals surface area contributed by atoms with E-state index in [1.54, 1.807) is 13.0 Å². The van der Waals surface area contributed by atoms with Crippen molar-refractivity contribution in [1.29, 1.82) is 5.26 Å². The number of carbonyl (C=O) groups excluding carboxylic acids is 1. The second-order valence-electron chi connectivity index (χ2n) is 5.50. The highest BCUT2D eigenvalue weighted by atomic mass is 19.4. The van der Waals surface area contributed by atoms with E-state index in [1.165, 1.54) is 12.1 Å². The first-order valence-electron chi connectivity index (χ1n) is 7.71. The summed E-state index contributed by atoms with van der Waals surface area (Å²) in [7, 11) is 0. The lowest BCUT2D eigenvalue weighted by molar-refractivity contribution is -0.137. The van der Waals surface area contributed by atoms with Crippen molar-refractivity contribution in [2.45, 2.75) is 19.1 Å². The summed E-state index contributed by atoms with van der Waals surface area (Å²) in [6, 6.07) is 15.0. The Morgan fingerprint density at radius 1 is 1.12 bits per heavy atom. The molecule has 1 amide bonds. The van der Waals surface area contributed by atoms with Gasteiger partial charge in [0.05, 0.1) is 11.6 Å². The van der Waals surface area contributed by atoms with Gasteiger partial charge in [-0.3, -0.25) is 4.79 Å². The van der Waals surface area contributed by atoms with E-state index >= 15 is 0 Å². The lowest BCUT2D eigenvalue weighted by Gasteiger charge is -2.14. The molecule has 2 aromatic rings. The predicted octanol–water partition coefficient (Wildman–Crippen LogP) is 4.40. The second-order valence-corrected chi connectivity index (χ2v) is 5.50. The number of rotatable bonds is 5. The Kier molecular flexibility index (Phi) is 6.02. The van der Waals surface area contributed by atoms with E-state index in [2.05, 4.69) is 10.6 Å². The van der Waals surface area contributed by atoms with Crippen LogP contribution in [0.2, 0.25) is 0 Å². The molecule has 0 spiro atoms. The molecule has 0 fully saturated rings. The van der Waals surface area contributed by atoms with Crippen LogP contribution in [0.25, 0.3) is 0 Å². The van der Waals surface area contributed by atoms with E-state index in [1.807, 2.05) is 30.3 Å². The van der Waals surface area contributed by atoms with Crippen LogP contribution in [0.1, 0.15) is 24.1 Å². The average molecular weight is 359 g/mol. The first-order valence-corrected chi connectivity index (χ1v) is 7.71. The Morgan fingerprint density at radius 3 is 2.27 bits per heavy atom. The number of alkyl halides is 3. The molecule has 0 aliphatic rings. The molecule has 0 aliphatic heterocycles. The summed E-state index contributed by atoms with van der Waals surface area (Å²) in [5.74, 6) is -0.580. The summed E-state index contributed by atoms with van der Waals surface area (Å²) in [6.07, 6.45) is -3.25. The van der Waals surface area contributed by atoms with Crippen molar-refractivity contribution >= 4 is 11.6 Å². The van der Waals surface area contributed by atoms with Crippen LogP contribution in [0.15, 0.2) is 66.4 Å². The van der Waals surface area contributed by atoms with Gasteiger partial charge in [-0.05, 0) is 36.8 Å². The van der Waals surface area contributed by atoms with Gasteiger partial charge in [0.1, 0.15) is 11.6 Å². The highest BCUT2D eigenvalue weighted by molar-refractivity contribution is 5.97. The lowest BCUT2D eigenvalue weighted by Crippen LogP contribution is -2.28. The topological polar surface area (TPSA) is 64.9 Å². The maximum atomic E-state index is 12.5. The fourth-order valence-corrected chi connectivity index (χ4v) is 2.16. The smallest absolute Gasteiger partial charge is 0.360 e. The van der Waals surface area contributed by atoms with Crippen molar-refractivity contribution in [3.8, 4) is 6.07 Å².